The fourth-order valence-corrected chi connectivity index (χ4v) is 2.21. The summed E-state index contributed by atoms with van der Waals surface area (Å²) < 4.78 is 5.11. The van der Waals surface area contributed by atoms with Crippen LogP contribution in [0.3, 0.4) is 0 Å². The Morgan fingerprint density at radius 1 is 1.25 bits per heavy atom. The van der Waals surface area contributed by atoms with Gasteiger partial charge in [0, 0.05) is 5.69 Å². The van der Waals surface area contributed by atoms with Crippen LogP contribution in [0.4, 0.5) is 11.5 Å². The summed E-state index contributed by atoms with van der Waals surface area (Å²) in [5.41, 5.74) is 1.32. The maximum atomic E-state index is 6.08. The standard InChI is InChI=1S/C12H9Cl2N5O/c1-20-9-3-2-6(4-8(9)13)16-10-7-5-15-19-11(7)18-12(14)17-10/h2-5H,1H3,(H2,15,16,17,18,19). The first kappa shape index (κ1) is 13.0. The van der Waals surface area contributed by atoms with Crippen LogP contribution in [0, 0.1) is 0 Å². The number of benzene rings is 1. The number of rotatable bonds is 3. The zero-order valence-electron chi connectivity index (χ0n) is 10.3. The van der Waals surface area contributed by atoms with Crippen LogP contribution in [0.25, 0.3) is 11.0 Å². The van der Waals surface area contributed by atoms with Crippen molar-refractivity contribution in [2.45, 2.75) is 0 Å². The van der Waals surface area contributed by atoms with Crippen molar-refractivity contribution in [2.24, 2.45) is 0 Å². The highest BCUT2D eigenvalue weighted by molar-refractivity contribution is 6.32. The number of methoxy groups -OCH3 is 1. The van der Waals surface area contributed by atoms with E-state index in [1.165, 1.54) is 0 Å². The van der Waals surface area contributed by atoms with E-state index in [9.17, 15) is 0 Å². The number of aromatic amines is 1. The van der Waals surface area contributed by atoms with Crippen molar-refractivity contribution in [3.63, 3.8) is 0 Å². The summed E-state index contributed by atoms with van der Waals surface area (Å²) in [6.45, 7) is 0. The van der Waals surface area contributed by atoms with Gasteiger partial charge in [-0.1, -0.05) is 11.6 Å². The minimum Gasteiger partial charge on any atom is -0.495 e. The highest BCUT2D eigenvalue weighted by Gasteiger charge is 2.09. The second kappa shape index (κ2) is 5.15. The normalized spacial score (nSPS) is 10.8. The van der Waals surface area contributed by atoms with Crippen molar-refractivity contribution in [3.8, 4) is 5.75 Å². The molecule has 2 aromatic heterocycles. The van der Waals surface area contributed by atoms with Gasteiger partial charge in [0.15, 0.2) is 5.65 Å². The van der Waals surface area contributed by atoms with Crippen LogP contribution >= 0.6 is 23.2 Å². The third kappa shape index (κ3) is 2.35. The molecule has 102 valence electrons. The van der Waals surface area contributed by atoms with Crippen LogP contribution < -0.4 is 10.1 Å². The van der Waals surface area contributed by atoms with E-state index >= 15 is 0 Å². The molecule has 2 N–H and O–H groups in total. The third-order valence-electron chi connectivity index (χ3n) is 2.70. The summed E-state index contributed by atoms with van der Waals surface area (Å²) in [6.07, 6.45) is 1.62. The molecule has 0 fully saturated rings. The highest BCUT2D eigenvalue weighted by Crippen LogP contribution is 2.30. The molecule has 0 aliphatic rings. The second-order valence-electron chi connectivity index (χ2n) is 3.95. The lowest BCUT2D eigenvalue weighted by Gasteiger charge is -2.09. The molecule has 0 aliphatic heterocycles. The van der Waals surface area contributed by atoms with E-state index in [4.69, 9.17) is 27.9 Å². The summed E-state index contributed by atoms with van der Waals surface area (Å²) in [6, 6.07) is 5.33. The molecule has 0 amide bonds. The van der Waals surface area contributed by atoms with Crippen LogP contribution in [0.15, 0.2) is 24.4 Å². The van der Waals surface area contributed by atoms with E-state index < -0.39 is 0 Å². The smallest absolute Gasteiger partial charge is 0.226 e. The van der Waals surface area contributed by atoms with Crippen LogP contribution in [0.2, 0.25) is 10.3 Å². The van der Waals surface area contributed by atoms with E-state index in [-0.39, 0.29) is 5.28 Å². The first-order chi connectivity index (χ1) is 9.67. The number of H-pyrrole nitrogens is 1. The molecule has 0 bridgehead atoms. The van der Waals surface area contributed by atoms with Crippen molar-refractivity contribution >= 4 is 45.7 Å². The number of anilines is 2. The minimum atomic E-state index is 0.129. The van der Waals surface area contributed by atoms with Gasteiger partial charge in [-0.2, -0.15) is 15.1 Å². The Labute approximate surface area is 124 Å². The number of nitrogens with one attached hydrogen (secondary N) is 2. The SMILES string of the molecule is COc1ccc(Nc2nc(Cl)nc3[nH]ncc23)cc1Cl. The van der Waals surface area contributed by atoms with Crippen LogP contribution in [-0.2, 0) is 0 Å². The molecule has 20 heavy (non-hydrogen) atoms. The van der Waals surface area contributed by atoms with Gasteiger partial charge >= 0.3 is 0 Å². The zero-order valence-corrected chi connectivity index (χ0v) is 11.8. The zero-order chi connectivity index (χ0) is 14.1. The number of halogens is 2. The molecule has 6 nitrogen and oxygen atoms in total. The quantitative estimate of drug-likeness (QED) is 0.725. The molecule has 3 aromatic rings. The molecule has 2 heterocycles. The van der Waals surface area contributed by atoms with Crippen LogP contribution in [0.5, 0.6) is 5.75 Å². The Morgan fingerprint density at radius 3 is 2.85 bits per heavy atom. The summed E-state index contributed by atoms with van der Waals surface area (Å²) in [5, 5.41) is 11.2. The van der Waals surface area contributed by atoms with Crippen molar-refractivity contribution in [1.29, 1.82) is 0 Å². The fourth-order valence-electron chi connectivity index (χ4n) is 1.78. The van der Waals surface area contributed by atoms with E-state index in [1.807, 2.05) is 6.07 Å². The highest BCUT2D eigenvalue weighted by atomic mass is 35.5. The number of fused-ring (bicyclic) bond motifs is 1. The van der Waals surface area contributed by atoms with Gasteiger partial charge in [-0.3, -0.25) is 5.10 Å². The first-order valence-electron chi connectivity index (χ1n) is 5.64. The third-order valence-corrected chi connectivity index (χ3v) is 3.16. The summed E-state index contributed by atoms with van der Waals surface area (Å²) in [7, 11) is 1.56. The van der Waals surface area contributed by atoms with Gasteiger partial charge in [0.1, 0.15) is 11.6 Å². The maximum Gasteiger partial charge on any atom is 0.226 e. The molecule has 0 saturated carbocycles. The summed E-state index contributed by atoms with van der Waals surface area (Å²) in [5.74, 6) is 1.15. The molecule has 0 unspecified atom stereocenters. The molecule has 0 saturated heterocycles. The van der Waals surface area contributed by atoms with E-state index in [1.54, 1.807) is 25.4 Å². The van der Waals surface area contributed by atoms with Gasteiger partial charge < -0.3 is 10.1 Å². The number of ether oxygens (including phenoxy) is 1. The van der Waals surface area contributed by atoms with Crippen LogP contribution in [0.1, 0.15) is 0 Å². The molecule has 0 spiro atoms. The molecule has 8 heteroatoms. The lowest BCUT2D eigenvalue weighted by atomic mass is 10.3. The van der Waals surface area contributed by atoms with Crippen molar-refractivity contribution in [1.82, 2.24) is 20.2 Å². The Bertz CT molecular complexity index is 774. The molecule has 0 aliphatic carbocycles. The van der Waals surface area contributed by atoms with Gasteiger partial charge in [0.05, 0.1) is 23.7 Å². The lowest BCUT2D eigenvalue weighted by molar-refractivity contribution is 0.415. The summed E-state index contributed by atoms with van der Waals surface area (Å²) in [4.78, 5) is 8.18. The molecule has 0 atom stereocenters. The van der Waals surface area contributed by atoms with Crippen molar-refractivity contribution < 1.29 is 4.74 Å². The number of aromatic nitrogens is 4. The Balaban J connectivity index is 2.00. The van der Waals surface area contributed by atoms with Gasteiger partial charge in [-0.15, -0.1) is 0 Å². The molecule has 3 rings (SSSR count). The number of hydrogen-bond acceptors (Lipinski definition) is 5. The van der Waals surface area contributed by atoms with Crippen molar-refractivity contribution in [2.75, 3.05) is 12.4 Å². The Kier molecular flexibility index (Phi) is 3.33. The van der Waals surface area contributed by atoms with Gasteiger partial charge in [-0.25, -0.2) is 0 Å². The fraction of sp³-hybridized carbons (Fsp3) is 0.0833. The topological polar surface area (TPSA) is 75.7 Å². The lowest BCUT2D eigenvalue weighted by Crippen LogP contribution is -1.97. The molecule has 1 aromatic carbocycles. The van der Waals surface area contributed by atoms with E-state index in [2.05, 4.69) is 25.5 Å². The molecular weight excluding hydrogens is 301 g/mol. The van der Waals surface area contributed by atoms with Crippen LogP contribution in [-0.4, -0.2) is 27.3 Å². The van der Waals surface area contributed by atoms with Gasteiger partial charge in [-0.05, 0) is 29.8 Å². The Morgan fingerprint density at radius 2 is 2.10 bits per heavy atom. The first-order valence-corrected chi connectivity index (χ1v) is 6.40. The average molecular weight is 310 g/mol. The monoisotopic (exact) mass is 309 g/mol. The van der Waals surface area contributed by atoms with Crippen molar-refractivity contribution in [3.05, 3.63) is 34.7 Å². The predicted molar refractivity (Wildman–Crippen MR) is 78.0 cm³/mol. The Hall–Kier alpha value is -2.05. The van der Waals surface area contributed by atoms with Gasteiger partial charge in [0.2, 0.25) is 5.28 Å². The largest absolute Gasteiger partial charge is 0.495 e. The minimum absolute atomic E-state index is 0.129. The van der Waals surface area contributed by atoms with E-state index in [0.29, 0.717) is 22.2 Å². The summed E-state index contributed by atoms with van der Waals surface area (Å²) >= 11 is 12.0. The predicted octanol–water partition coefficient (Wildman–Crippen LogP) is 3.41. The second-order valence-corrected chi connectivity index (χ2v) is 4.69. The maximum absolute atomic E-state index is 6.08. The molecule has 0 radical (unpaired) electrons. The number of nitrogens with zero attached hydrogens (tertiary/aromatic N) is 3. The average Bonchev–Trinajstić information content (AvgIpc) is 2.87. The number of hydrogen-bond donors (Lipinski definition) is 2. The van der Waals surface area contributed by atoms with E-state index in [0.717, 1.165) is 11.1 Å². The molecular formula is C12H9Cl2N5O. The van der Waals surface area contributed by atoms with Gasteiger partial charge in [0.25, 0.3) is 0 Å².